The number of hydrogen-bond donors (Lipinski definition) is 1. The summed E-state index contributed by atoms with van der Waals surface area (Å²) in [7, 11) is 0. The number of Topliss-reactive ketones (excluding diaryl/α,β-unsaturated/α-hetero) is 1. The Bertz CT molecular complexity index is 1910. The highest BCUT2D eigenvalue weighted by Gasteiger charge is 2.64. The van der Waals surface area contributed by atoms with Crippen molar-refractivity contribution in [1.29, 1.82) is 0 Å². The number of aliphatic hydroxyl groups is 1. The number of halogens is 1. The van der Waals surface area contributed by atoms with Gasteiger partial charge < -0.3 is 57.2 Å². The highest BCUT2D eigenvalue weighted by Crippen LogP contribution is 2.55. The molecule has 23 unspecified atom stereocenters. The van der Waals surface area contributed by atoms with Crippen LogP contribution in [0.2, 0.25) is 0 Å². The van der Waals surface area contributed by atoms with E-state index in [1.807, 2.05) is 13.8 Å². The molecule has 1 N–H and O–H groups in total. The zero-order valence-corrected chi connectivity index (χ0v) is 39.2. The quantitative estimate of drug-likeness (QED) is 0.215. The molecule has 0 aromatic carbocycles. The monoisotopic (exact) mass is 916 g/mol. The van der Waals surface area contributed by atoms with Crippen LogP contribution in [0.15, 0.2) is 23.8 Å². The summed E-state index contributed by atoms with van der Waals surface area (Å²) >= 11 is 5.80. The van der Waals surface area contributed by atoms with E-state index in [0.29, 0.717) is 51.4 Å². The summed E-state index contributed by atoms with van der Waals surface area (Å²) < 4.78 is 75.5. The van der Waals surface area contributed by atoms with Gasteiger partial charge in [-0.25, -0.2) is 4.79 Å². The van der Waals surface area contributed by atoms with E-state index in [1.54, 1.807) is 6.08 Å². The number of hydrogen-bond acceptors (Lipinski definition) is 14. The molecule has 11 aliphatic rings. The number of esters is 1. The molecule has 11 aliphatic heterocycles. The Kier molecular flexibility index (Phi) is 11.2. The van der Waals surface area contributed by atoms with Crippen LogP contribution in [0.1, 0.15) is 126 Å². The van der Waals surface area contributed by atoms with E-state index >= 15 is 0 Å². The second kappa shape index (κ2) is 16.0. The van der Waals surface area contributed by atoms with Crippen molar-refractivity contribution in [2.75, 3.05) is 5.88 Å². The van der Waals surface area contributed by atoms with Crippen molar-refractivity contribution in [2.24, 2.45) is 5.92 Å². The van der Waals surface area contributed by atoms with E-state index in [9.17, 15) is 14.7 Å². The first-order valence-corrected chi connectivity index (χ1v) is 24.9. The molecule has 356 valence electrons. The fourth-order valence-electron chi connectivity index (χ4n) is 14.0. The molecule has 14 nitrogen and oxygen atoms in total. The predicted molar refractivity (Wildman–Crippen MR) is 229 cm³/mol. The van der Waals surface area contributed by atoms with E-state index in [1.165, 1.54) is 0 Å². The third-order valence-electron chi connectivity index (χ3n) is 17.7. The first-order chi connectivity index (χ1) is 30.4. The van der Waals surface area contributed by atoms with Crippen molar-refractivity contribution in [1.82, 2.24) is 0 Å². The zero-order valence-electron chi connectivity index (χ0n) is 38.4. The van der Waals surface area contributed by atoms with Crippen LogP contribution in [0.25, 0.3) is 0 Å². The van der Waals surface area contributed by atoms with Gasteiger partial charge in [0.05, 0.1) is 114 Å². The normalized spacial score (nSPS) is 57.0. The van der Waals surface area contributed by atoms with Gasteiger partial charge in [0.1, 0.15) is 29.7 Å². The van der Waals surface area contributed by atoms with Gasteiger partial charge in [0.2, 0.25) is 0 Å². The SMILES string of the molecule is CC1=CC(=O)OC2CC3OC4CC(C)C5OC6CC7OC8(C)C/C=C\C9OC%10CC%11OC(CC(=O)CCl)CC(O)C%11(C)OC%10CC9OC8CC7(C)OC6(C)CCC5OC4CC3(C)OC12. The molecule has 9 saturated heterocycles. The maximum absolute atomic E-state index is 12.3. The zero-order chi connectivity index (χ0) is 44.7. The third-order valence-corrected chi connectivity index (χ3v) is 18.0. The van der Waals surface area contributed by atoms with E-state index in [4.69, 9.17) is 63.7 Å². The number of alkyl halides is 1. The molecule has 23 atom stereocenters. The van der Waals surface area contributed by atoms with Crippen molar-refractivity contribution >= 4 is 23.4 Å². The molecular formula is C49H69ClO14. The average molecular weight is 918 g/mol. The van der Waals surface area contributed by atoms with Crippen molar-refractivity contribution in [3.8, 4) is 0 Å². The summed E-state index contributed by atoms with van der Waals surface area (Å²) in [5.41, 5.74) is -2.46. The standard InChI is InChI=1S/C49H69ClO14/c1-24-13-30-35(21-47(5)37(57-30)19-34-44(63-47)25(2)14-42(53)59-34)56-29-10-12-46(4)38(60-43(24)29)20-39-48(6,64-46)22-41-45(3,62-39)11-8-9-28-31(58-41)17-33-32(55-28)18-40-49(7,61-33)36(52)16-27(54-40)15-26(51)23-50/h8-9,14,24,27-41,43-44,52H,10-13,15-23H2,1-7H3/b9-8-. The highest BCUT2D eigenvalue weighted by molar-refractivity contribution is 6.27. The van der Waals surface area contributed by atoms with Crippen LogP contribution in [0, 0.1) is 5.92 Å². The number of carbonyl (C=O) groups excluding carboxylic acids is 2. The minimum absolute atomic E-state index is 0.0731. The van der Waals surface area contributed by atoms with Gasteiger partial charge in [0, 0.05) is 57.4 Å². The number of ketones is 1. The Morgan fingerprint density at radius 1 is 0.719 bits per heavy atom. The second-order valence-electron chi connectivity index (χ2n) is 22.6. The van der Waals surface area contributed by atoms with Gasteiger partial charge in [0.25, 0.3) is 0 Å². The molecular weight excluding hydrogens is 848 g/mol. The predicted octanol–water partition coefficient (Wildman–Crippen LogP) is 5.52. The van der Waals surface area contributed by atoms with Crippen LogP contribution < -0.4 is 0 Å². The summed E-state index contributed by atoms with van der Waals surface area (Å²) in [6, 6.07) is 0. The lowest BCUT2D eigenvalue weighted by Crippen LogP contribution is -2.70. The minimum atomic E-state index is -0.938. The molecule has 64 heavy (non-hydrogen) atoms. The Hall–Kier alpha value is -1.53. The number of fused-ring (bicyclic) bond motifs is 10. The van der Waals surface area contributed by atoms with Crippen LogP contribution in [-0.4, -0.2) is 155 Å². The Morgan fingerprint density at radius 3 is 2.30 bits per heavy atom. The topological polar surface area (TPSA) is 156 Å². The van der Waals surface area contributed by atoms with Gasteiger partial charge in [-0.3, -0.25) is 4.79 Å². The largest absolute Gasteiger partial charge is 0.456 e. The average Bonchev–Trinajstić information content (AvgIpc) is 3.43. The second-order valence-corrected chi connectivity index (χ2v) is 22.8. The summed E-state index contributed by atoms with van der Waals surface area (Å²) in [6.07, 6.45) is 8.22. The van der Waals surface area contributed by atoms with Crippen LogP contribution in [0.4, 0.5) is 0 Å². The van der Waals surface area contributed by atoms with E-state index in [0.717, 1.165) is 24.8 Å². The first kappa shape index (κ1) is 44.9. The van der Waals surface area contributed by atoms with E-state index in [-0.39, 0.29) is 115 Å². The highest BCUT2D eigenvalue weighted by atomic mass is 35.5. The molecule has 11 heterocycles. The lowest BCUT2D eigenvalue weighted by atomic mass is 9.72. The number of carbonyl (C=O) groups is 2. The van der Waals surface area contributed by atoms with Gasteiger partial charge in [-0.2, -0.15) is 0 Å². The van der Waals surface area contributed by atoms with Crippen LogP contribution in [0.5, 0.6) is 0 Å². The fourth-order valence-corrected chi connectivity index (χ4v) is 14.1. The molecule has 0 amide bonds. The minimum Gasteiger partial charge on any atom is -0.456 e. The van der Waals surface area contributed by atoms with E-state index < -0.39 is 46.3 Å². The summed E-state index contributed by atoms with van der Waals surface area (Å²) in [5.74, 6) is -0.321. The molecule has 9 fully saturated rings. The van der Waals surface area contributed by atoms with Crippen molar-refractivity contribution in [2.45, 2.75) is 257 Å². The molecule has 0 aromatic heterocycles. The summed E-state index contributed by atoms with van der Waals surface area (Å²) in [4.78, 5) is 24.4. The van der Waals surface area contributed by atoms with E-state index in [2.05, 4.69) is 46.8 Å². The van der Waals surface area contributed by atoms with Gasteiger partial charge in [0.15, 0.2) is 0 Å². The van der Waals surface area contributed by atoms with Crippen LogP contribution in [-0.2, 0) is 61.7 Å². The molecule has 0 aromatic rings. The summed E-state index contributed by atoms with van der Waals surface area (Å²) in [5, 5.41) is 11.4. The lowest BCUT2D eigenvalue weighted by molar-refractivity contribution is -0.356. The van der Waals surface area contributed by atoms with Gasteiger partial charge in [-0.05, 0) is 78.7 Å². The Balaban J connectivity index is 0.776. The number of rotatable bonds is 3. The molecule has 0 aliphatic carbocycles. The smallest absolute Gasteiger partial charge is 0.331 e. The lowest BCUT2D eigenvalue weighted by Gasteiger charge is -2.60. The molecule has 0 saturated carbocycles. The molecule has 0 bridgehead atoms. The molecule has 0 spiro atoms. The van der Waals surface area contributed by atoms with Gasteiger partial charge >= 0.3 is 5.97 Å². The van der Waals surface area contributed by atoms with Crippen LogP contribution in [0.3, 0.4) is 0 Å². The summed E-state index contributed by atoms with van der Waals surface area (Å²) in [6.45, 7) is 14.8. The maximum Gasteiger partial charge on any atom is 0.331 e. The van der Waals surface area contributed by atoms with Crippen molar-refractivity contribution in [3.05, 3.63) is 23.8 Å². The molecule has 11 rings (SSSR count). The third kappa shape index (κ3) is 7.54. The van der Waals surface area contributed by atoms with Crippen LogP contribution >= 0.6 is 11.6 Å². The first-order valence-electron chi connectivity index (χ1n) is 24.3. The Morgan fingerprint density at radius 2 is 1.48 bits per heavy atom. The van der Waals surface area contributed by atoms with Gasteiger partial charge in [-0.15, -0.1) is 11.6 Å². The van der Waals surface area contributed by atoms with Crippen molar-refractivity contribution in [3.63, 3.8) is 0 Å². The maximum atomic E-state index is 12.3. The number of ether oxygens (including phenoxy) is 11. The number of aliphatic hydroxyl groups excluding tert-OH is 1. The Labute approximate surface area is 381 Å². The fraction of sp³-hybridized carbons (Fsp3) is 0.878. The van der Waals surface area contributed by atoms with Crippen molar-refractivity contribution < 1.29 is 66.8 Å². The molecule has 15 heteroatoms. The van der Waals surface area contributed by atoms with Gasteiger partial charge in [-0.1, -0.05) is 19.1 Å². The molecule has 0 radical (unpaired) electrons.